The molecule has 2 saturated heterocycles. The number of likely N-dealkylation sites (tertiary alicyclic amines) is 1. The van der Waals surface area contributed by atoms with E-state index in [-0.39, 0.29) is 38.0 Å². The van der Waals surface area contributed by atoms with Crippen molar-refractivity contribution in [1.82, 2.24) is 10.2 Å². The molecule has 266 valence electrons. The summed E-state index contributed by atoms with van der Waals surface area (Å²) in [5.41, 5.74) is -0.312. The molecular formula is C38H44ClN3O8. The van der Waals surface area contributed by atoms with E-state index in [4.69, 9.17) is 25.8 Å². The van der Waals surface area contributed by atoms with Crippen LogP contribution in [0.4, 0.5) is 5.69 Å². The molecule has 5 bridgehead atoms. The second-order valence-corrected chi connectivity index (χ2v) is 14.2. The number of nitrogens with one attached hydrogen (secondary N) is 1. The van der Waals surface area contributed by atoms with Gasteiger partial charge in [0.15, 0.2) is 0 Å². The number of cyclic esters (lactones) is 1. The topological polar surface area (TPSA) is 135 Å². The fraction of sp³-hybridized carbons (Fsp3) is 0.474. The number of hydrogen-bond donors (Lipinski definition) is 2. The number of benzene rings is 2. The number of ether oxygens (including phenoxy) is 3. The van der Waals surface area contributed by atoms with E-state index >= 15 is 4.79 Å². The predicted molar refractivity (Wildman–Crippen MR) is 186 cm³/mol. The Morgan fingerprint density at radius 1 is 1.04 bits per heavy atom. The van der Waals surface area contributed by atoms with E-state index in [1.807, 2.05) is 44.2 Å². The van der Waals surface area contributed by atoms with Crippen LogP contribution >= 0.6 is 11.6 Å². The van der Waals surface area contributed by atoms with Gasteiger partial charge in [-0.2, -0.15) is 0 Å². The van der Waals surface area contributed by atoms with Crippen molar-refractivity contribution in [2.24, 2.45) is 17.8 Å². The zero-order chi connectivity index (χ0) is 35.6. The third-order valence-corrected chi connectivity index (χ3v) is 10.2. The lowest BCUT2D eigenvalue weighted by Crippen LogP contribution is -2.59. The van der Waals surface area contributed by atoms with Crippen molar-refractivity contribution < 1.29 is 38.5 Å². The van der Waals surface area contributed by atoms with Crippen LogP contribution in [0, 0.1) is 17.8 Å². The van der Waals surface area contributed by atoms with Gasteiger partial charge in [-0.1, -0.05) is 80.1 Å². The van der Waals surface area contributed by atoms with E-state index in [9.17, 15) is 19.5 Å². The van der Waals surface area contributed by atoms with Crippen LogP contribution in [0.25, 0.3) is 0 Å². The lowest BCUT2D eigenvalue weighted by atomic mass is 9.74. The summed E-state index contributed by atoms with van der Waals surface area (Å²) in [6.45, 7) is 3.76. The number of aliphatic hydroxyl groups excluding tert-OH is 1. The normalized spacial score (nSPS) is 31.2. The number of allylic oxidation sites excluding steroid dienone is 1. The minimum Gasteiger partial charge on any atom is -0.455 e. The third kappa shape index (κ3) is 6.71. The first kappa shape index (κ1) is 35.8. The molecular weight excluding hydrogens is 662 g/mol. The first-order valence-electron chi connectivity index (χ1n) is 17.2. The van der Waals surface area contributed by atoms with Gasteiger partial charge in [0, 0.05) is 30.8 Å². The van der Waals surface area contributed by atoms with Gasteiger partial charge in [0.2, 0.25) is 11.8 Å². The maximum Gasteiger partial charge on any atom is 0.313 e. The Kier molecular flexibility index (Phi) is 10.8. The summed E-state index contributed by atoms with van der Waals surface area (Å²) in [5.74, 6) is -3.94. The molecule has 0 aromatic heterocycles. The third-order valence-electron chi connectivity index (χ3n) is 9.99. The molecule has 4 aliphatic rings. The van der Waals surface area contributed by atoms with Crippen LogP contribution in [0.5, 0.6) is 0 Å². The summed E-state index contributed by atoms with van der Waals surface area (Å²) in [5, 5.41) is 14.2. The predicted octanol–water partition coefficient (Wildman–Crippen LogP) is 4.00. The minimum absolute atomic E-state index is 0.0546. The minimum atomic E-state index is -1.49. The molecule has 2 aromatic carbocycles. The van der Waals surface area contributed by atoms with Crippen LogP contribution < -0.4 is 10.2 Å². The number of amides is 3. The Morgan fingerprint density at radius 2 is 1.78 bits per heavy atom. The van der Waals surface area contributed by atoms with Crippen LogP contribution in [0.3, 0.4) is 0 Å². The van der Waals surface area contributed by atoms with E-state index in [0.29, 0.717) is 29.1 Å². The second kappa shape index (κ2) is 15.1. The number of fused-ring (bicyclic) bond motifs is 2. The molecule has 2 aromatic rings. The highest BCUT2D eigenvalue weighted by atomic mass is 35.5. The summed E-state index contributed by atoms with van der Waals surface area (Å²) in [6, 6.07) is 13.2. The zero-order valence-corrected chi connectivity index (χ0v) is 29.2. The van der Waals surface area contributed by atoms with Crippen molar-refractivity contribution in [3.8, 4) is 0 Å². The zero-order valence-electron chi connectivity index (χ0n) is 28.4. The van der Waals surface area contributed by atoms with E-state index in [0.717, 1.165) is 0 Å². The molecule has 4 heterocycles. The van der Waals surface area contributed by atoms with Crippen molar-refractivity contribution in [2.75, 3.05) is 31.8 Å². The van der Waals surface area contributed by atoms with Crippen LogP contribution in [0.1, 0.15) is 44.8 Å². The van der Waals surface area contributed by atoms with E-state index < -0.39 is 65.6 Å². The number of carbonyl (C=O) groups is 4. The molecule has 50 heavy (non-hydrogen) atoms. The van der Waals surface area contributed by atoms with Gasteiger partial charge in [0.1, 0.15) is 23.7 Å². The van der Waals surface area contributed by atoms with Crippen molar-refractivity contribution >= 4 is 41.0 Å². The number of halogens is 1. The lowest BCUT2D eigenvalue weighted by Gasteiger charge is -2.39. The van der Waals surface area contributed by atoms with Crippen molar-refractivity contribution in [3.63, 3.8) is 0 Å². The number of rotatable bonds is 8. The number of aliphatic hydroxyl groups is 1. The largest absolute Gasteiger partial charge is 0.455 e. The molecule has 2 fully saturated rings. The smallest absolute Gasteiger partial charge is 0.313 e. The van der Waals surface area contributed by atoms with Gasteiger partial charge < -0.3 is 34.4 Å². The number of hydrogen-bond acceptors (Lipinski definition) is 8. The van der Waals surface area contributed by atoms with Crippen molar-refractivity contribution in [1.29, 1.82) is 0 Å². The monoisotopic (exact) mass is 705 g/mol. The maximum absolute atomic E-state index is 15.0. The first-order chi connectivity index (χ1) is 24.1. The van der Waals surface area contributed by atoms with Gasteiger partial charge in [-0.05, 0) is 48.6 Å². The number of nitrogens with zero attached hydrogens (tertiary/aromatic N) is 2. The number of esters is 1. The second-order valence-electron chi connectivity index (χ2n) is 13.7. The number of carbonyl (C=O) groups excluding carboxylic acids is 4. The van der Waals surface area contributed by atoms with Gasteiger partial charge in [0.25, 0.3) is 5.91 Å². The molecule has 11 nitrogen and oxygen atoms in total. The van der Waals surface area contributed by atoms with Crippen LogP contribution in [-0.4, -0.2) is 90.4 Å². The summed E-state index contributed by atoms with van der Waals surface area (Å²) >= 11 is 6.21. The fourth-order valence-corrected chi connectivity index (χ4v) is 7.99. The Balaban J connectivity index is 1.48. The number of anilines is 1. The molecule has 8 atom stereocenters. The fourth-order valence-electron chi connectivity index (χ4n) is 7.87. The van der Waals surface area contributed by atoms with Gasteiger partial charge in [0.05, 0.1) is 37.3 Å². The lowest BCUT2D eigenvalue weighted by molar-refractivity contribution is -0.162. The van der Waals surface area contributed by atoms with E-state index in [1.165, 1.54) is 12.0 Å². The molecule has 4 aliphatic heterocycles. The molecule has 0 aliphatic carbocycles. The summed E-state index contributed by atoms with van der Waals surface area (Å²) < 4.78 is 18.4. The summed E-state index contributed by atoms with van der Waals surface area (Å²) in [6.07, 6.45) is 6.26. The Labute approximate surface area is 297 Å². The molecule has 2 N–H and O–H groups in total. The molecule has 3 amide bonds. The SMILES string of the molecule is COC[C@@H]1NC(=O)CC/C=C\CN(c2ccc(Cl)cc2)C(=O)[C@H]2N([C@@H](CO)CC(C)C)C(=O)[C@@H]3[C@@H](C(=O)O[C@H]1c1ccccc1)[C@H]1C=C[C@]32O1. The summed E-state index contributed by atoms with van der Waals surface area (Å²) in [4.78, 5) is 60.5. The maximum atomic E-state index is 15.0. The first-order valence-corrected chi connectivity index (χ1v) is 17.5. The Hall–Kier alpha value is -4.03. The molecule has 0 radical (unpaired) electrons. The molecule has 0 saturated carbocycles. The number of methoxy groups -OCH3 is 1. The molecule has 12 heteroatoms. The molecule has 1 spiro atoms. The highest BCUT2D eigenvalue weighted by Gasteiger charge is 2.74. The quantitative estimate of drug-likeness (QED) is 0.311. The van der Waals surface area contributed by atoms with Gasteiger partial charge >= 0.3 is 5.97 Å². The van der Waals surface area contributed by atoms with E-state index in [1.54, 1.807) is 53.5 Å². The van der Waals surface area contributed by atoms with Gasteiger partial charge in [-0.25, -0.2) is 0 Å². The average Bonchev–Trinajstić information content (AvgIpc) is 3.75. The van der Waals surface area contributed by atoms with E-state index in [2.05, 4.69) is 5.32 Å². The highest BCUT2D eigenvalue weighted by Crippen LogP contribution is 2.56. The van der Waals surface area contributed by atoms with Crippen molar-refractivity contribution in [3.05, 3.63) is 89.5 Å². The van der Waals surface area contributed by atoms with Crippen LogP contribution in [0.2, 0.25) is 5.02 Å². The van der Waals surface area contributed by atoms with Crippen LogP contribution in [-0.2, 0) is 33.4 Å². The standard InChI is InChI=1S/C38H44ClN3O8/c1-23(2)20-27(21-43)42-34-36(46)41(26-15-13-25(39)14-16-26)19-9-5-8-12-30(44)40-28(22-48-3)33(24-10-6-4-7-11-24)49-37(47)31-29-17-18-38(34,50-29)32(31)35(42)45/h4-7,9-11,13-18,23,27-29,31-34,43H,8,12,19-22H2,1-3H3,(H,40,44)/b9-5-/t27-,28+,29-,31+,32+,33+,34-,38+/m1/s1. The Morgan fingerprint density at radius 3 is 2.46 bits per heavy atom. The summed E-state index contributed by atoms with van der Waals surface area (Å²) in [7, 11) is 1.50. The van der Waals surface area contributed by atoms with Gasteiger partial charge in [-0.15, -0.1) is 0 Å². The average molecular weight is 706 g/mol. The molecule has 0 unspecified atom stereocenters. The van der Waals surface area contributed by atoms with Gasteiger partial charge in [-0.3, -0.25) is 19.2 Å². The highest BCUT2D eigenvalue weighted by molar-refractivity contribution is 6.30. The van der Waals surface area contributed by atoms with Crippen LogP contribution in [0.15, 0.2) is 78.9 Å². The molecule has 6 rings (SSSR count). The Bertz CT molecular complexity index is 1630. The van der Waals surface area contributed by atoms with Crippen molar-refractivity contribution in [2.45, 2.75) is 69.0 Å².